The summed E-state index contributed by atoms with van der Waals surface area (Å²) in [6, 6.07) is 15.3. The Morgan fingerprint density at radius 3 is 2.32 bits per heavy atom. The maximum Gasteiger partial charge on any atom is 0.295 e. The van der Waals surface area contributed by atoms with Crippen LogP contribution in [0.3, 0.4) is 0 Å². The fourth-order valence-corrected chi connectivity index (χ4v) is 3.69. The zero-order valence-corrected chi connectivity index (χ0v) is 16.7. The molecule has 1 saturated heterocycles. The molecule has 28 heavy (non-hydrogen) atoms. The predicted octanol–water partition coefficient (Wildman–Crippen LogP) is 5.34. The van der Waals surface area contributed by atoms with E-state index in [2.05, 4.69) is 6.92 Å². The molecule has 4 nitrogen and oxygen atoms in total. The lowest BCUT2D eigenvalue weighted by Crippen LogP contribution is -2.30. The molecule has 0 radical (unpaired) electrons. The van der Waals surface area contributed by atoms with Gasteiger partial charge >= 0.3 is 0 Å². The highest BCUT2D eigenvalue weighted by Gasteiger charge is 2.45. The number of hydrogen-bond donors (Lipinski definition) is 1. The lowest BCUT2D eigenvalue weighted by molar-refractivity contribution is -0.139. The maximum absolute atomic E-state index is 12.8. The summed E-state index contributed by atoms with van der Waals surface area (Å²) in [7, 11) is 0. The molecule has 5 heteroatoms. The first kappa shape index (κ1) is 20.2. The molecule has 2 aromatic rings. The third-order valence-electron chi connectivity index (χ3n) is 5.03. The van der Waals surface area contributed by atoms with Crippen molar-refractivity contribution < 1.29 is 14.7 Å². The predicted molar refractivity (Wildman–Crippen MR) is 111 cm³/mol. The van der Waals surface area contributed by atoms with E-state index in [1.54, 1.807) is 53.4 Å². The molecule has 1 aliphatic rings. The van der Waals surface area contributed by atoms with E-state index in [0.717, 1.165) is 31.2 Å². The van der Waals surface area contributed by atoms with E-state index in [0.29, 0.717) is 17.1 Å². The Bertz CT molecular complexity index is 874. The number of aliphatic hydroxyl groups excluding tert-OH is 1. The molecule has 0 aliphatic carbocycles. The van der Waals surface area contributed by atoms with Crippen LogP contribution in [0.5, 0.6) is 0 Å². The number of carbonyl (C=O) groups is 2. The largest absolute Gasteiger partial charge is 0.507 e. The second-order valence-corrected chi connectivity index (χ2v) is 7.41. The van der Waals surface area contributed by atoms with Crippen molar-refractivity contribution in [3.05, 3.63) is 76.3 Å². The van der Waals surface area contributed by atoms with Gasteiger partial charge in [0, 0.05) is 17.1 Å². The molecule has 0 spiro atoms. The van der Waals surface area contributed by atoms with E-state index in [-0.39, 0.29) is 11.3 Å². The molecule has 146 valence electrons. The third kappa shape index (κ3) is 4.12. The Hall–Kier alpha value is -2.59. The smallest absolute Gasteiger partial charge is 0.295 e. The number of amides is 1. The van der Waals surface area contributed by atoms with E-state index in [1.165, 1.54) is 0 Å². The Morgan fingerprint density at radius 2 is 1.68 bits per heavy atom. The van der Waals surface area contributed by atoms with E-state index in [9.17, 15) is 14.7 Å². The number of ketones is 1. The highest BCUT2D eigenvalue weighted by atomic mass is 35.5. The average molecular weight is 398 g/mol. The minimum Gasteiger partial charge on any atom is -0.507 e. The quantitative estimate of drug-likeness (QED) is 0.297. The van der Waals surface area contributed by atoms with Crippen molar-refractivity contribution in [2.75, 3.05) is 6.54 Å². The van der Waals surface area contributed by atoms with Gasteiger partial charge in [-0.15, -0.1) is 0 Å². The molecule has 1 N–H and O–H groups in total. The topological polar surface area (TPSA) is 57.6 Å². The van der Waals surface area contributed by atoms with Gasteiger partial charge in [-0.25, -0.2) is 0 Å². The minimum absolute atomic E-state index is 0.133. The maximum atomic E-state index is 12.8. The highest BCUT2D eigenvalue weighted by molar-refractivity contribution is 6.46. The highest BCUT2D eigenvalue weighted by Crippen LogP contribution is 2.39. The van der Waals surface area contributed by atoms with Crippen molar-refractivity contribution in [2.24, 2.45) is 0 Å². The zero-order chi connectivity index (χ0) is 20.1. The molecule has 1 heterocycles. The summed E-state index contributed by atoms with van der Waals surface area (Å²) in [5.41, 5.74) is 1.41. The van der Waals surface area contributed by atoms with Gasteiger partial charge in [0.05, 0.1) is 11.6 Å². The molecular weight excluding hydrogens is 374 g/mol. The number of Topliss-reactive ketones (excluding diaryl/α,β-unsaturated/α-hetero) is 1. The number of nitrogens with zero attached hydrogens (tertiary/aromatic N) is 1. The number of halogens is 1. The van der Waals surface area contributed by atoms with Crippen LogP contribution in [0.25, 0.3) is 5.76 Å². The third-order valence-corrected chi connectivity index (χ3v) is 5.28. The number of likely N-dealkylation sites (tertiary alicyclic amines) is 1. The number of unbranched alkanes of at least 4 members (excludes halogenated alkanes) is 3. The van der Waals surface area contributed by atoms with Crippen LogP contribution in [0.15, 0.2) is 60.2 Å². The van der Waals surface area contributed by atoms with Gasteiger partial charge in [0.1, 0.15) is 5.76 Å². The summed E-state index contributed by atoms with van der Waals surface area (Å²) in [6.07, 6.45) is 3.98. The lowest BCUT2D eigenvalue weighted by Gasteiger charge is -2.25. The van der Waals surface area contributed by atoms with Gasteiger partial charge in [-0.2, -0.15) is 0 Å². The molecule has 1 atom stereocenters. The summed E-state index contributed by atoms with van der Waals surface area (Å²) in [5.74, 6) is -1.35. The Kier molecular flexibility index (Phi) is 6.53. The Labute approximate surface area is 170 Å². The molecule has 1 fully saturated rings. The molecule has 1 aliphatic heterocycles. The van der Waals surface area contributed by atoms with Crippen molar-refractivity contribution >= 4 is 29.1 Å². The van der Waals surface area contributed by atoms with Gasteiger partial charge in [-0.1, -0.05) is 80.3 Å². The minimum atomic E-state index is -0.642. The van der Waals surface area contributed by atoms with Crippen LogP contribution in [0.4, 0.5) is 0 Å². The average Bonchev–Trinajstić information content (AvgIpc) is 2.97. The van der Waals surface area contributed by atoms with Crippen LogP contribution < -0.4 is 0 Å². The van der Waals surface area contributed by atoms with Gasteiger partial charge in [0.15, 0.2) is 0 Å². The second-order valence-electron chi connectivity index (χ2n) is 6.97. The number of aliphatic hydroxyl groups is 1. The van der Waals surface area contributed by atoms with Crippen LogP contribution in [0.1, 0.15) is 49.8 Å². The standard InChI is InChI=1S/C23H24ClNO3/c1-2-3-4-8-15-25-20(16-11-13-18(24)14-12-16)19(22(27)23(25)28)21(26)17-9-6-5-7-10-17/h5-7,9-14,20,26H,2-4,8,15H2,1H3/b21-19+. The van der Waals surface area contributed by atoms with Gasteiger partial charge in [0.2, 0.25) is 0 Å². The van der Waals surface area contributed by atoms with E-state index in [4.69, 9.17) is 11.6 Å². The van der Waals surface area contributed by atoms with E-state index in [1.807, 2.05) is 6.07 Å². The van der Waals surface area contributed by atoms with Crippen molar-refractivity contribution in [2.45, 2.75) is 38.6 Å². The summed E-state index contributed by atoms with van der Waals surface area (Å²) in [6.45, 7) is 2.60. The van der Waals surface area contributed by atoms with Crippen LogP contribution in [-0.2, 0) is 9.59 Å². The second kappa shape index (κ2) is 9.07. The van der Waals surface area contributed by atoms with Crippen molar-refractivity contribution in [1.82, 2.24) is 4.90 Å². The summed E-state index contributed by atoms with van der Waals surface area (Å²) < 4.78 is 0. The summed E-state index contributed by atoms with van der Waals surface area (Å²) >= 11 is 6.02. The fourth-order valence-electron chi connectivity index (χ4n) is 3.56. The molecule has 0 aromatic heterocycles. The van der Waals surface area contributed by atoms with Gasteiger partial charge in [-0.05, 0) is 24.1 Å². The molecule has 0 bridgehead atoms. The molecule has 1 unspecified atom stereocenters. The Morgan fingerprint density at radius 1 is 1.00 bits per heavy atom. The van der Waals surface area contributed by atoms with Gasteiger partial charge in [0.25, 0.3) is 11.7 Å². The first-order valence-electron chi connectivity index (χ1n) is 9.64. The number of carbonyl (C=O) groups excluding carboxylic acids is 2. The monoisotopic (exact) mass is 397 g/mol. The van der Waals surface area contributed by atoms with Crippen molar-refractivity contribution in [3.63, 3.8) is 0 Å². The summed E-state index contributed by atoms with van der Waals surface area (Å²) in [5, 5.41) is 11.5. The first-order chi connectivity index (χ1) is 13.5. The normalized spacial score (nSPS) is 18.6. The van der Waals surface area contributed by atoms with Gasteiger partial charge < -0.3 is 10.0 Å². The van der Waals surface area contributed by atoms with Crippen LogP contribution >= 0.6 is 11.6 Å². The van der Waals surface area contributed by atoms with E-state index >= 15 is 0 Å². The number of rotatable bonds is 7. The molecular formula is C23H24ClNO3. The molecule has 3 rings (SSSR count). The van der Waals surface area contributed by atoms with Crippen LogP contribution in [0.2, 0.25) is 5.02 Å². The SMILES string of the molecule is CCCCCCN1C(=O)C(=O)/C(=C(/O)c2ccccc2)C1c1ccc(Cl)cc1. The fraction of sp³-hybridized carbons (Fsp3) is 0.304. The number of hydrogen-bond acceptors (Lipinski definition) is 3. The molecule has 1 amide bonds. The summed E-state index contributed by atoms with van der Waals surface area (Å²) in [4.78, 5) is 27.2. The first-order valence-corrected chi connectivity index (χ1v) is 10.0. The van der Waals surface area contributed by atoms with Crippen molar-refractivity contribution in [3.8, 4) is 0 Å². The molecule has 0 saturated carbocycles. The molecule has 2 aromatic carbocycles. The van der Waals surface area contributed by atoms with Crippen molar-refractivity contribution in [1.29, 1.82) is 0 Å². The van der Waals surface area contributed by atoms with E-state index < -0.39 is 17.7 Å². The lowest BCUT2D eigenvalue weighted by atomic mass is 9.95. The van der Waals surface area contributed by atoms with Gasteiger partial charge in [-0.3, -0.25) is 9.59 Å². The zero-order valence-electron chi connectivity index (χ0n) is 15.9. The van der Waals surface area contributed by atoms with Crippen LogP contribution in [-0.4, -0.2) is 28.2 Å². The van der Waals surface area contributed by atoms with Crippen LogP contribution in [0, 0.1) is 0 Å². The number of benzene rings is 2. The Balaban J connectivity index is 2.04.